The molecule has 27 heavy (non-hydrogen) atoms. The van der Waals surface area contributed by atoms with Gasteiger partial charge in [0.05, 0.1) is 18.2 Å². The van der Waals surface area contributed by atoms with E-state index in [4.69, 9.17) is 10.5 Å². The minimum Gasteiger partial charge on any atom is -0.478 e. The summed E-state index contributed by atoms with van der Waals surface area (Å²) in [4.78, 5) is 44.8. The Morgan fingerprint density at radius 3 is 2.67 bits per heavy atom. The van der Waals surface area contributed by atoms with Gasteiger partial charge in [-0.3, -0.25) is 14.4 Å². The zero-order chi connectivity index (χ0) is 19.2. The average molecular weight is 368 g/mol. The van der Waals surface area contributed by atoms with Gasteiger partial charge >= 0.3 is 0 Å². The van der Waals surface area contributed by atoms with Crippen molar-refractivity contribution in [2.45, 2.75) is 31.7 Å². The second-order valence-electron chi connectivity index (χ2n) is 6.22. The number of carbonyl (C=O) groups is 3. The molecule has 0 aliphatic carbocycles. The maximum Gasteiger partial charge on any atom is 0.287 e. The van der Waals surface area contributed by atoms with E-state index in [0.717, 1.165) is 12.8 Å². The Labute approximate surface area is 156 Å². The van der Waals surface area contributed by atoms with Crippen LogP contribution in [0, 0.1) is 0 Å². The fourth-order valence-electron chi connectivity index (χ4n) is 2.91. The Hall–Kier alpha value is -3.29. The van der Waals surface area contributed by atoms with Crippen LogP contribution >= 0.6 is 0 Å². The van der Waals surface area contributed by atoms with Crippen molar-refractivity contribution in [2.75, 3.05) is 6.61 Å². The fourth-order valence-corrected chi connectivity index (χ4v) is 2.91. The number of hydrogen-bond acceptors (Lipinski definition) is 6. The first-order chi connectivity index (χ1) is 13.1. The second kappa shape index (κ2) is 8.39. The molecule has 0 saturated heterocycles. The molecule has 8 nitrogen and oxygen atoms in total. The van der Waals surface area contributed by atoms with Gasteiger partial charge in [-0.15, -0.1) is 0 Å². The van der Waals surface area contributed by atoms with Gasteiger partial charge in [-0.1, -0.05) is 24.6 Å². The quantitative estimate of drug-likeness (QED) is 0.769. The molecule has 0 fully saturated rings. The molecule has 2 bridgehead atoms. The Balaban J connectivity index is 2.00. The number of amides is 2. The number of carbonyl (C=O) groups excluding carboxylic acids is 3. The number of rotatable bonds is 2. The van der Waals surface area contributed by atoms with Crippen molar-refractivity contribution in [3.05, 3.63) is 42.1 Å². The van der Waals surface area contributed by atoms with Crippen molar-refractivity contribution >= 4 is 17.6 Å². The topological polar surface area (TPSA) is 124 Å². The van der Waals surface area contributed by atoms with Crippen LogP contribution in [0.15, 0.2) is 36.5 Å². The number of ketones is 1. The van der Waals surface area contributed by atoms with Crippen LogP contribution in [0.2, 0.25) is 0 Å². The van der Waals surface area contributed by atoms with Gasteiger partial charge in [-0.25, -0.2) is 4.98 Å². The normalized spacial score (nSPS) is 17.6. The smallest absolute Gasteiger partial charge is 0.287 e. The highest BCUT2D eigenvalue weighted by atomic mass is 16.5. The highest BCUT2D eigenvalue weighted by Crippen LogP contribution is 2.22. The highest BCUT2D eigenvalue weighted by Gasteiger charge is 2.26. The lowest BCUT2D eigenvalue weighted by molar-refractivity contribution is -0.137. The third-order valence-electron chi connectivity index (χ3n) is 4.29. The van der Waals surface area contributed by atoms with Crippen molar-refractivity contribution < 1.29 is 19.1 Å². The number of ether oxygens (including phenoxy) is 1. The van der Waals surface area contributed by atoms with Crippen LogP contribution in [0.3, 0.4) is 0 Å². The minimum atomic E-state index is -1.06. The lowest BCUT2D eigenvalue weighted by Gasteiger charge is -2.18. The molecule has 140 valence electrons. The van der Waals surface area contributed by atoms with Crippen LogP contribution in [0.25, 0.3) is 11.4 Å². The summed E-state index contributed by atoms with van der Waals surface area (Å²) < 4.78 is 5.65. The van der Waals surface area contributed by atoms with E-state index < -0.39 is 23.6 Å². The lowest BCUT2D eigenvalue weighted by atomic mass is 10.0. The van der Waals surface area contributed by atoms with Gasteiger partial charge < -0.3 is 15.8 Å². The molecule has 2 amide bonds. The van der Waals surface area contributed by atoms with Crippen LogP contribution in [0.4, 0.5) is 0 Å². The summed E-state index contributed by atoms with van der Waals surface area (Å²) in [7, 11) is 0. The van der Waals surface area contributed by atoms with E-state index >= 15 is 0 Å². The molecule has 1 aromatic carbocycles. The van der Waals surface area contributed by atoms with E-state index in [-0.39, 0.29) is 0 Å². The number of primary amides is 1. The molecule has 0 radical (unpaired) electrons. The molecular weight excluding hydrogens is 348 g/mol. The van der Waals surface area contributed by atoms with E-state index in [1.54, 1.807) is 36.5 Å². The van der Waals surface area contributed by atoms with Crippen LogP contribution in [-0.2, 0) is 9.59 Å². The predicted octanol–water partition coefficient (Wildman–Crippen LogP) is 1.25. The van der Waals surface area contributed by atoms with Crippen molar-refractivity contribution in [3.63, 3.8) is 0 Å². The Bertz CT molecular complexity index is 868. The molecule has 1 atom stereocenters. The molecule has 0 unspecified atom stereocenters. The highest BCUT2D eigenvalue weighted by molar-refractivity contribution is 6.38. The number of nitrogens with one attached hydrogen (secondary N) is 1. The van der Waals surface area contributed by atoms with Gasteiger partial charge in [0.2, 0.25) is 11.7 Å². The zero-order valence-electron chi connectivity index (χ0n) is 14.7. The van der Waals surface area contributed by atoms with Gasteiger partial charge in [0.15, 0.2) is 5.82 Å². The SMILES string of the molecule is NC(=O)C(=O)[C@@H]1CCCCCOc2ccnc(n2)-c2ccccc2C(=O)N1. The zero-order valence-corrected chi connectivity index (χ0v) is 14.7. The average Bonchev–Trinajstić information content (AvgIpc) is 2.68. The van der Waals surface area contributed by atoms with Crippen molar-refractivity contribution in [3.8, 4) is 17.3 Å². The first kappa shape index (κ1) is 18.5. The minimum absolute atomic E-state index is 0.300. The number of nitrogens with zero attached hydrogens (tertiary/aromatic N) is 2. The molecule has 0 spiro atoms. The molecule has 1 aliphatic rings. The lowest BCUT2D eigenvalue weighted by Crippen LogP contribution is -2.46. The summed E-state index contributed by atoms with van der Waals surface area (Å²) in [5.74, 6) is -1.57. The number of hydrogen-bond donors (Lipinski definition) is 2. The molecule has 1 aliphatic heterocycles. The maximum absolute atomic E-state index is 12.8. The Morgan fingerprint density at radius 1 is 1.11 bits per heavy atom. The van der Waals surface area contributed by atoms with E-state index in [0.29, 0.717) is 42.3 Å². The second-order valence-corrected chi connectivity index (χ2v) is 6.22. The predicted molar refractivity (Wildman–Crippen MR) is 96.9 cm³/mol. The molecule has 8 heteroatoms. The number of aromatic nitrogens is 2. The van der Waals surface area contributed by atoms with E-state index in [9.17, 15) is 14.4 Å². The summed E-state index contributed by atoms with van der Waals surface area (Å²) in [5, 5.41) is 2.64. The van der Waals surface area contributed by atoms with Gasteiger partial charge in [-0.2, -0.15) is 4.98 Å². The van der Waals surface area contributed by atoms with Crippen LogP contribution in [0.5, 0.6) is 5.88 Å². The molecule has 3 N–H and O–H groups in total. The van der Waals surface area contributed by atoms with Crippen molar-refractivity contribution in [1.82, 2.24) is 15.3 Å². The summed E-state index contributed by atoms with van der Waals surface area (Å²) in [5.41, 5.74) is 5.93. The maximum atomic E-state index is 12.8. The number of nitrogens with two attached hydrogens (primary N) is 1. The van der Waals surface area contributed by atoms with E-state index in [1.807, 2.05) is 0 Å². The summed E-state index contributed by atoms with van der Waals surface area (Å²) in [6, 6.07) is 7.49. The Kier molecular flexibility index (Phi) is 5.75. The molecule has 3 rings (SSSR count). The molecular formula is C19H20N4O4. The van der Waals surface area contributed by atoms with Crippen LogP contribution < -0.4 is 15.8 Å². The van der Waals surface area contributed by atoms with Crippen molar-refractivity contribution in [1.29, 1.82) is 0 Å². The van der Waals surface area contributed by atoms with E-state index in [1.165, 1.54) is 0 Å². The van der Waals surface area contributed by atoms with Gasteiger partial charge in [0.1, 0.15) is 0 Å². The van der Waals surface area contributed by atoms with Gasteiger partial charge in [0, 0.05) is 17.8 Å². The van der Waals surface area contributed by atoms with E-state index in [2.05, 4.69) is 15.3 Å². The number of benzene rings is 1. The van der Waals surface area contributed by atoms with Crippen molar-refractivity contribution in [2.24, 2.45) is 5.73 Å². The summed E-state index contributed by atoms with van der Waals surface area (Å²) in [6.45, 7) is 0.471. The van der Waals surface area contributed by atoms with Crippen LogP contribution in [0.1, 0.15) is 36.0 Å². The molecule has 1 aromatic heterocycles. The summed E-state index contributed by atoms with van der Waals surface area (Å²) in [6.07, 6.45) is 4.06. The first-order valence-electron chi connectivity index (χ1n) is 8.76. The summed E-state index contributed by atoms with van der Waals surface area (Å²) >= 11 is 0. The first-order valence-corrected chi connectivity index (χ1v) is 8.76. The molecule has 0 saturated carbocycles. The number of Topliss-reactive ketones (excluding diaryl/α,β-unsaturated/α-hetero) is 1. The van der Waals surface area contributed by atoms with Crippen LogP contribution in [-0.4, -0.2) is 40.2 Å². The monoisotopic (exact) mass is 368 g/mol. The van der Waals surface area contributed by atoms with Gasteiger partial charge in [0.25, 0.3) is 11.8 Å². The third-order valence-corrected chi connectivity index (χ3v) is 4.29. The third kappa shape index (κ3) is 4.46. The standard InChI is InChI=1S/C19H20N4O4/c20-17(25)16(24)14-8-2-1-5-11-27-15-9-10-21-18(23-15)12-6-3-4-7-13(12)19(26)22-14/h3-4,6-7,9-10,14H,1-2,5,8,11H2,(H2,20,25)(H,22,26)/t14-/m0/s1. The largest absolute Gasteiger partial charge is 0.478 e. The Morgan fingerprint density at radius 2 is 1.89 bits per heavy atom. The molecule has 2 aromatic rings. The number of fused-ring (bicyclic) bond motifs is 4. The van der Waals surface area contributed by atoms with Gasteiger partial charge in [-0.05, 0) is 25.3 Å². The molecule has 2 heterocycles. The fraction of sp³-hybridized carbons (Fsp3) is 0.316.